The molecule has 0 fully saturated rings. The third-order valence-electron chi connectivity index (χ3n) is 4.27. The van der Waals surface area contributed by atoms with Gasteiger partial charge in [-0.25, -0.2) is 18.1 Å². The van der Waals surface area contributed by atoms with E-state index in [-0.39, 0.29) is 5.75 Å². The van der Waals surface area contributed by atoms with Gasteiger partial charge in [-0.05, 0) is 42.2 Å². The Morgan fingerprint density at radius 1 is 1.21 bits per heavy atom. The smallest absolute Gasteiger partial charge is 0.216 e. The third-order valence-corrected chi connectivity index (χ3v) is 6.64. The number of hydrogen-bond acceptors (Lipinski definition) is 5. The van der Waals surface area contributed by atoms with E-state index in [2.05, 4.69) is 15.8 Å². The minimum atomic E-state index is -3.57. The van der Waals surface area contributed by atoms with Crippen LogP contribution < -0.4 is 9.46 Å². The van der Waals surface area contributed by atoms with Gasteiger partial charge in [0.2, 0.25) is 10.0 Å². The van der Waals surface area contributed by atoms with Gasteiger partial charge in [-0.2, -0.15) is 0 Å². The van der Waals surface area contributed by atoms with E-state index in [0.717, 1.165) is 22.7 Å². The summed E-state index contributed by atoms with van der Waals surface area (Å²) in [6.45, 7) is 2.04. The van der Waals surface area contributed by atoms with Gasteiger partial charge in [0.1, 0.15) is 5.75 Å². The van der Waals surface area contributed by atoms with E-state index in [0.29, 0.717) is 17.7 Å². The lowest BCUT2D eigenvalue weighted by atomic mass is 10.1. The summed E-state index contributed by atoms with van der Waals surface area (Å²) < 4.78 is 33.8. The molecule has 5 nitrogen and oxygen atoms in total. The van der Waals surface area contributed by atoms with Gasteiger partial charge in [-0.15, -0.1) is 11.3 Å². The van der Waals surface area contributed by atoms with Gasteiger partial charge in [0.15, 0.2) is 0 Å². The highest BCUT2D eigenvalue weighted by atomic mass is 32.2. The minimum absolute atomic E-state index is 0.117. The van der Waals surface area contributed by atoms with Crippen LogP contribution in [0.2, 0.25) is 0 Å². The fourth-order valence-corrected chi connectivity index (χ4v) is 5.03. The molecule has 0 bridgehead atoms. The number of rotatable bonds is 9. The van der Waals surface area contributed by atoms with E-state index in [1.54, 1.807) is 42.7 Å². The first-order valence-electron chi connectivity index (χ1n) is 9.01. The second-order valence-electron chi connectivity index (χ2n) is 6.41. The molecule has 147 valence electrons. The maximum Gasteiger partial charge on any atom is 0.216 e. The number of thiazole rings is 1. The molecule has 0 aliphatic heterocycles. The van der Waals surface area contributed by atoms with Crippen LogP contribution in [0.25, 0.3) is 0 Å². The fraction of sp³-hybridized carbons (Fsp3) is 0.286. The molecule has 7 heteroatoms. The molecule has 0 saturated carbocycles. The van der Waals surface area contributed by atoms with Crippen molar-refractivity contribution in [2.24, 2.45) is 0 Å². The number of nitrogens with zero attached hydrogens (tertiary/aromatic N) is 1. The molecule has 0 aliphatic rings. The lowest BCUT2D eigenvalue weighted by Gasteiger charge is -2.17. The predicted molar refractivity (Wildman–Crippen MR) is 112 cm³/mol. The van der Waals surface area contributed by atoms with E-state index in [9.17, 15) is 8.42 Å². The van der Waals surface area contributed by atoms with Crippen molar-refractivity contribution in [3.8, 4) is 5.75 Å². The first-order valence-corrected chi connectivity index (χ1v) is 11.5. The fourth-order valence-electron chi connectivity index (χ4n) is 2.89. The van der Waals surface area contributed by atoms with Crippen LogP contribution in [-0.4, -0.2) is 20.5 Å². The topological polar surface area (TPSA) is 68.3 Å². The van der Waals surface area contributed by atoms with E-state index in [1.807, 2.05) is 36.6 Å². The highest BCUT2D eigenvalue weighted by Crippen LogP contribution is 2.23. The predicted octanol–water partition coefficient (Wildman–Crippen LogP) is 3.92. The van der Waals surface area contributed by atoms with Gasteiger partial charge in [0, 0.05) is 5.38 Å². The van der Waals surface area contributed by atoms with E-state index >= 15 is 0 Å². The Morgan fingerprint density at radius 3 is 2.68 bits per heavy atom. The molecular weight excluding hydrogens is 392 g/mol. The molecule has 0 saturated heterocycles. The summed E-state index contributed by atoms with van der Waals surface area (Å²) in [5.74, 6) is 0.519. The van der Waals surface area contributed by atoms with Crippen LogP contribution in [0.3, 0.4) is 0 Å². The maximum atomic E-state index is 12.9. The second kappa shape index (κ2) is 9.32. The van der Waals surface area contributed by atoms with Crippen molar-refractivity contribution < 1.29 is 13.2 Å². The van der Waals surface area contributed by atoms with Crippen LogP contribution >= 0.6 is 11.3 Å². The Morgan fingerprint density at radius 2 is 2.00 bits per heavy atom. The molecule has 3 rings (SSSR count). The van der Waals surface area contributed by atoms with Crippen LogP contribution in [0.15, 0.2) is 53.9 Å². The number of aromatic nitrogens is 1. The molecular formula is C21H23N2O3S2. The van der Waals surface area contributed by atoms with Gasteiger partial charge >= 0.3 is 0 Å². The zero-order valence-electron chi connectivity index (χ0n) is 15.9. The van der Waals surface area contributed by atoms with Crippen LogP contribution in [-0.2, 0) is 28.6 Å². The van der Waals surface area contributed by atoms with Crippen LogP contribution in [0.5, 0.6) is 5.75 Å². The number of sulfonamides is 1. The largest absolute Gasteiger partial charge is 0.497 e. The maximum absolute atomic E-state index is 12.9. The lowest BCUT2D eigenvalue weighted by Crippen LogP contribution is -2.31. The summed E-state index contributed by atoms with van der Waals surface area (Å²) in [5, 5.41) is 2.93. The van der Waals surface area contributed by atoms with Crippen LogP contribution in [0.1, 0.15) is 34.8 Å². The van der Waals surface area contributed by atoms with E-state index < -0.39 is 16.1 Å². The number of nitrogens with one attached hydrogen (secondary N) is 1. The van der Waals surface area contributed by atoms with Crippen molar-refractivity contribution in [1.29, 1.82) is 0 Å². The van der Waals surface area contributed by atoms with Crippen molar-refractivity contribution in [1.82, 2.24) is 9.71 Å². The minimum Gasteiger partial charge on any atom is -0.497 e. The van der Waals surface area contributed by atoms with Gasteiger partial charge in [-0.1, -0.05) is 43.3 Å². The quantitative estimate of drug-likeness (QED) is 0.575. The van der Waals surface area contributed by atoms with Crippen LogP contribution in [0, 0.1) is 6.07 Å². The highest BCUT2D eigenvalue weighted by molar-refractivity contribution is 7.88. The summed E-state index contributed by atoms with van der Waals surface area (Å²) in [7, 11) is -2.01. The molecule has 0 aliphatic carbocycles. The Balaban J connectivity index is 1.82. The number of methoxy groups -OCH3 is 1. The van der Waals surface area contributed by atoms with Gasteiger partial charge in [-0.3, -0.25) is 0 Å². The zero-order valence-corrected chi connectivity index (χ0v) is 17.5. The normalized spacial score (nSPS) is 12.6. The molecule has 2 aromatic carbocycles. The summed E-state index contributed by atoms with van der Waals surface area (Å²) in [6, 6.07) is 17.2. The zero-order chi connectivity index (χ0) is 20.0. The Kier molecular flexibility index (Phi) is 6.83. The third kappa shape index (κ3) is 5.64. The van der Waals surface area contributed by atoms with Gasteiger partial charge < -0.3 is 4.74 Å². The second-order valence-corrected chi connectivity index (χ2v) is 9.11. The van der Waals surface area contributed by atoms with Gasteiger partial charge in [0.25, 0.3) is 0 Å². The molecule has 0 spiro atoms. The average molecular weight is 416 g/mol. The van der Waals surface area contributed by atoms with E-state index in [4.69, 9.17) is 4.74 Å². The van der Waals surface area contributed by atoms with Crippen molar-refractivity contribution in [3.63, 3.8) is 0 Å². The van der Waals surface area contributed by atoms with Crippen molar-refractivity contribution in [3.05, 3.63) is 81.8 Å². The Labute approximate surface area is 170 Å². The Bertz CT molecular complexity index is 1000. The average Bonchev–Trinajstić information content (AvgIpc) is 3.17. The van der Waals surface area contributed by atoms with E-state index in [1.165, 1.54) is 0 Å². The molecule has 3 aromatic rings. The highest BCUT2D eigenvalue weighted by Gasteiger charge is 2.23. The monoisotopic (exact) mass is 415 g/mol. The molecule has 1 N–H and O–H groups in total. The SMILES string of the molecule is CCc1nc(C(Cc2cc[c]cc2)NS(=O)(=O)Cc2cccc(OC)c2)cs1. The standard InChI is InChI=1S/C21H23N2O3S2/c1-3-21-22-20(14-27-21)19(13-16-8-5-4-6-9-16)23-28(24,25)15-17-10-7-11-18(12-17)26-2/h5-12,14,19,23H,3,13,15H2,1-2H3. The number of hydrogen-bond donors (Lipinski definition) is 1. The molecule has 1 aromatic heterocycles. The first kappa shape index (κ1) is 20.5. The lowest BCUT2D eigenvalue weighted by molar-refractivity contribution is 0.414. The molecule has 28 heavy (non-hydrogen) atoms. The number of benzene rings is 2. The molecule has 1 heterocycles. The van der Waals surface area contributed by atoms with Crippen molar-refractivity contribution in [2.75, 3.05) is 7.11 Å². The van der Waals surface area contributed by atoms with Crippen LogP contribution in [0.4, 0.5) is 0 Å². The summed E-state index contributed by atoms with van der Waals surface area (Å²) >= 11 is 1.55. The summed E-state index contributed by atoms with van der Waals surface area (Å²) in [6.07, 6.45) is 1.35. The van der Waals surface area contributed by atoms with Crippen molar-refractivity contribution in [2.45, 2.75) is 31.6 Å². The molecule has 1 atom stereocenters. The Hall–Kier alpha value is -2.22. The first-order chi connectivity index (χ1) is 13.5. The molecule has 0 amide bonds. The molecule has 1 radical (unpaired) electrons. The van der Waals surface area contributed by atoms with Crippen molar-refractivity contribution >= 4 is 21.4 Å². The van der Waals surface area contributed by atoms with Gasteiger partial charge in [0.05, 0.1) is 29.6 Å². The molecule has 1 unspecified atom stereocenters. The number of ether oxygens (including phenoxy) is 1. The summed E-state index contributed by atoms with van der Waals surface area (Å²) in [5.41, 5.74) is 2.45. The summed E-state index contributed by atoms with van der Waals surface area (Å²) in [4.78, 5) is 4.61. The number of aryl methyl sites for hydroxylation is 1.